The van der Waals surface area contributed by atoms with Crippen molar-refractivity contribution in [1.29, 1.82) is 0 Å². The Morgan fingerprint density at radius 3 is 0.656 bits per heavy atom. The molecular weight excluding hydrogens is 481 g/mol. The molecule has 0 aromatic rings. The molecule has 4 N–H and O–H groups in total. The van der Waals surface area contributed by atoms with E-state index >= 15 is 0 Å². The van der Waals surface area contributed by atoms with Crippen LogP contribution in [0.1, 0.15) is 103 Å². The Morgan fingerprint density at radius 1 is 0.344 bits per heavy atom. The maximum absolute atomic E-state index is 11.9. The zero-order chi connectivity index (χ0) is 22.5. The third-order valence-corrected chi connectivity index (χ3v) is 24.4. The molecule has 0 spiro atoms. The smallest absolute Gasteiger partial charge is 0.390 e. The minimum atomic E-state index is -4.01. The predicted octanol–water partition coefficient (Wildman–Crippen LogP) is 3.57. The Balaban J connectivity index is 1.55. The van der Waals surface area contributed by atoms with Crippen LogP contribution in [0, 0.1) is 0 Å². The van der Waals surface area contributed by atoms with E-state index in [-0.39, 0.29) is 22.2 Å². The Kier molecular flexibility index (Phi) is 6.98. The molecule has 5 aliphatic rings. The summed E-state index contributed by atoms with van der Waals surface area (Å²) in [4.78, 5) is 47.7. The van der Waals surface area contributed by atoms with Gasteiger partial charge in [-0.25, -0.2) is 0 Å². The molecule has 1 saturated heterocycles. The van der Waals surface area contributed by atoms with Crippen molar-refractivity contribution < 1.29 is 35.6 Å². The molecule has 5 rings (SSSR count). The minimum absolute atomic E-state index is 0.213. The first-order valence-electron chi connectivity index (χ1n) is 12.9. The number of hydrogen-bond donors (Lipinski definition) is 4. The van der Waals surface area contributed by atoms with Crippen LogP contribution < -0.4 is 0 Å². The lowest BCUT2D eigenvalue weighted by Gasteiger charge is -2.49. The highest BCUT2D eigenvalue weighted by molar-refractivity contribution is 6.89. The fourth-order valence-electron chi connectivity index (χ4n) is 6.75. The molecule has 4 saturated carbocycles. The molecule has 0 atom stereocenters. The molecule has 5 fully saturated rings. The molecule has 0 aromatic carbocycles. The lowest BCUT2D eigenvalue weighted by atomic mass is 10.4. The molecule has 1 heterocycles. The summed E-state index contributed by atoms with van der Waals surface area (Å²) in [5, 5.41) is 0. The van der Waals surface area contributed by atoms with E-state index in [1.807, 2.05) is 0 Å². The van der Waals surface area contributed by atoms with Gasteiger partial charge in [0.2, 0.25) is 0 Å². The molecule has 0 radical (unpaired) electrons. The summed E-state index contributed by atoms with van der Waals surface area (Å²) < 4.78 is 25.4. The zero-order valence-corrected chi connectivity index (χ0v) is 23.0. The maximum Gasteiger partial charge on any atom is 0.486 e. The topological polar surface area (TPSA) is 118 Å². The van der Waals surface area contributed by atoms with E-state index < -0.39 is 35.2 Å². The first-order valence-corrected chi connectivity index (χ1v) is 20.3. The van der Waals surface area contributed by atoms with Crippen LogP contribution in [0.4, 0.5) is 0 Å². The third kappa shape index (κ3) is 4.55. The molecule has 0 unspecified atom stereocenters. The number of hydrogen-bond acceptors (Lipinski definition) is 8. The Morgan fingerprint density at radius 2 is 0.500 bits per heavy atom. The lowest BCUT2D eigenvalue weighted by Crippen LogP contribution is -2.74. The molecule has 4 aliphatic carbocycles. The van der Waals surface area contributed by atoms with Crippen LogP contribution >= 0.6 is 0 Å². The van der Waals surface area contributed by atoms with E-state index in [4.69, 9.17) is 16.5 Å². The summed E-state index contributed by atoms with van der Waals surface area (Å²) in [5.74, 6) is 0. The lowest BCUT2D eigenvalue weighted by molar-refractivity contribution is 0.0491. The summed E-state index contributed by atoms with van der Waals surface area (Å²) in [7, 11) is -16.0. The van der Waals surface area contributed by atoms with Gasteiger partial charge in [-0.2, -0.15) is 0 Å². The average molecular weight is 521 g/mol. The van der Waals surface area contributed by atoms with Crippen LogP contribution in [0.3, 0.4) is 0 Å². The van der Waals surface area contributed by atoms with Gasteiger partial charge in [-0.3, -0.25) is 0 Å². The van der Waals surface area contributed by atoms with Gasteiger partial charge < -0.3 is 35.6 Å². The zero-order valence-electron chi connectivity index (χ0n) is 19.0. The van der Waals surface area contributed by atoms with Crippen molar-refractivity contribution in [2.75, 3.05) is 0 Å². The Labute approximate surface area is 195 Å². The van der Waals surface area contributed by atoms with Gasteiger partial charge in [0.15, 0.2) is 0 Å². The summed E-state index contributed by atoms with van der Waals surface area (Å²) in [5.41, 5.74) is -0.852. The van der Waals surface area contributed by atoms with Gasteiger partial charge in [0, 0.05) is 22.2 Å². The van der Waals surface area contributed by atoms with Crippen molar-refractivity contribution in [1.82, 2.24) is 0 Å². The second-order valence-corrected chi connectivity index (χ2v) is 22.4. The molecule has 32 heavy (non-hydrogen) atoms. The van der Waals surface area contributed by atoms with E-state index in [0.717, 1.165) is 103 Å². The van der Waals surface area contributed by atoms with Crippen molar-refractivity contribution in [2.24, 2.45) is 0 Å². The summed E-state index contributed by atoms with van der Waals surface area (Å²) >= 11 is 0. The van der Waals surface area contributed by atoms with Gasteiger partial charge in [0.25, 0.3) is 0 Å². The number of rotatable bonds is 4. The summed E-state index contributed by atoms with van der Waals surface area (Å²) in [6, 6.07) is 0. The molecule has 1 aliphatic heterocycles. The quantitative estimate of drug-likeness (QED) is 0.416. The van der Waals surface area contributed by atoms with Crippen LogP contribution in [-0.2, 0) is 16.5 Å². The monoisotopic (exact) mass is 520 g/mol. The van der Waals surface area contributed by atoms with Crippen molar-refractivity contribution in [3.63, 3.8) is 0 Å². The normalized spacial score (nSPS) is 46.1. The minimum Gasteiger partial charge on any atom is -0.390 e. The van der Waals surface area contributed by atoms with Crippen molar-refractivity contribution in [2.45, 2.75) is 125 Å². The SMILES string of the molecule is O[Si]1(C2CCCC2)O[Si](O)(C2CCCC2)O[Si](O)(C2CCCC2)O[Si](O)(C2CCCC2)O1. The molecular formula is C20H40O8Si4. The largest absolute Gasteiger partial charge is 0.486 e. The van der Waals surface area contributed by atoms with Crippen LogP contribution in [0.15, 0.2) is 0 Å². The van der Waals surface area contributed by atoms with Crippen LogP contribution in [0.5, 0.6) is 0 Å². The van der Waals surface area contributed by atoms with E-state index in [9.17, 15) is 19.2 Å². The highest BCUT2D eigenvalue weighted by Crippen LogP contribution is 2.52. The first-order chi connectivity index (χ1) is 15.2. The predicted molar refractivity (Wildman–Crippen MR) is 125 cm³/mol. The van der Waals surface area contributed by atoms with E-state index in [2.05, 4.69) is 0 Å². The standard InChI is InChI=1S/C20H40O8Si4/c21-29(17-9-1-2-10-17)25-30(22,18-11-3-4-12-18)27-32(24,20-15-7-8-16-20)28-31(23,26-29)19-13-5-6-14-19/h17-24H,1-16H2. The van der Waals surface area contributed by atoms with Gasteiger partial charge >= 0.3 is 35.2 Å². The second kappa shape index (κ2) is 9.21. The van der Waals surface area contributed by atoms with Gasteiger partial charge in [-0.15, -0.1) is 0 Å². The molecule has 0 bridgehead atoms. The highest BCUT2D eigenvalue weighted by atomic mass is 28.6. The van der Waals surface area contributed by atoms with Crippen molar-refractivity contribution in [3.05, 3.63) is 0 Å². The maximum atomic E-state index is 11.9. The van der Waals surface area contributed by atoms with Gasteiger partial charge in [-0.05, 0) is 51.4 Å². The van der Waals surface area contributed by atoms with E-state index in [1.54, 1.807) is 0 Å². The summed E-state index contributed by atoms with van der Waals surface area (Å²) in [6.45, 7) is 0. The first kappa shape index (κ1) is 24.3. The van der Waals surface area contributed by atoms with Crippen molar-refractivity contribution >= 4 is 35.2 Å². The van der Waals surface area contributed by atoms with Crippen LogP contribution in [0.2, 0.25) is 22.2 Å². The van der Waals surface area contributed by atoms with Crippen LogP contribution in [-0.4, -0.2) is 54.4 Å². The average Bonchev–Trinajstić information content (AvgIpc) is 3.55. The van der Waals surface area contributed by atoms with Crippen LogP contribution in [0.25, 0.3) is 0 Å². The highest BCUT2D eigenvalue weighted by Gasteiger charge is 2.71. The summed E-state index contributed by atoms with van der Waals surface area (Å²) in [6.07, 6.45) is 13.9. The van der Waals surface area contributed by atoms with E-state index in [1.165, 1.54) is 0 Å². The van der Waals surface area contributed by atoms with Gasteiger partial charge in [-0.1, -0.05) is 51.4 Å². The molecule has 8 nitrogen and oxygen atoms in total. The van der Waals surface area contributed by atoms with Crippen molar-refractivity contribution in [3.8, 4) is 0 Å². The van der Waals surface area contributed by atoms with Gasteiger partial charge in [0.05, 0.1) is 0 Å². The Bertz CT molecular complexity index is 540. The molecule has 0 aromatic heterocycles. The second-order valence-electron chi connectivity index (χ2n) is 10.9. The fraction of sp³-hybridized carbons (Fsp3) is 1.00. The third-order valence-electron chi connectivity index (χ3n) is 8.65. The van der Waals surface area contributed by atoms with E-state index in [0.29, 0.717) is 0 Å². The fourth-order valence-corrected chi connectivity index (χ4v) is 25.5. The Hall–Kier alpha value is 0.548. The molecule has 12 heteroatoms. The molecule has 0 amide bonds. The van der Waals surface area contributed by atoms with Gasteiger partial charge in [0.1, 0.15) is 0 Å². The molecule has 184 valence electrons.